The number of carbonyl (C=O) groups excluding carboxylic acids is 2. The first-order chi connectivity index (χ1) is 11.2. The minimum Gasteiger partial charge on any atom is -0.356 e. The van der Waals surface area contributed by atoms with Crippen molar-refractivity contribution in [3.8, 4) is 0 Å². The number of fused-ring (bicyclic) bond motifs is 1. The number of benzene rings is 1. The number of nitrogens with zero attached hydrogens (tertiary/aromatic N) is 1. The van der Waals surface area contributed by atoms with Crippen LogP contribution in [0.5, 0.6) is 0 Å². The van der Waals surface area contributed by atoms with Crippen LogP contribution in [0, 0.1) is 0 Å². The number of anilines is 1. The number of hydrogen-bond acceptors (Lipinski definition) is 4. The molecule has 1 aromatic carbocycles. The highest BCUT2D eigenvalue weighted by Crippen LogP contribution is 2.36. The molecule has 120 valence electrons. The second-order valence-corrected chi connectivity index (χ2v) is 6.57. The molecule has 0 radical (unpaired) electrons. The predicted molar refractivity (Wildman–Crippen MR) is 90.9 cm³/mol. The van der Waals surface area contributed by atoms with Gasteiger partial charge < -0.3 is 5.32 Å². The fourth-order valence-electron chi connectivity index (χ4n) is 2.78. The van der Waals surface area contributed by atoms with E-state index in [1.807, 2.05) is 25.1 Å². The molecule has 0 aliphatic heterocycles. The third-order valence-electron chi connectivity index (χ3n) is 3.88. The summed E-state index contributed by atoms with van der Waals surface area (Å²) in [5.74, 6) is -0.344. The van der Waals surface area contributed by atoms with Crippen molar-refractivity contribution in [3.05, 3.63) is 46.5 Å². The van der Waals surface area contributed by atoms with Crippen molar-refractivity contribution < 1.29 is 9.59 Å². The molecule has 2 aromatic rings. The fraction of sp³-hybridized carbons (Fsp3) is 0.353. The smallest absolute Gasteiger partial charge is 0.257 e. The molecule has 6 heteroatoms. The van der Waals surface area contributed by atoms with Gasteiger partial charge in [0.2, 0.25) is 5.91 Å². The summed E-state index contributed by atoms with van der Waals surface area (Å²) in [5.41, 5.74) is 1.43. The van der Waals surface area contributed by atoms with E-state index in [0.717, 1.165) is 29.8 Å². The van der Waals surface area contributed by atoms with Gasteiger partial charge >= 0.3 is 0 Å². The first kappa shape index (κ1) is 15.7. The van der Waals surface area contributed by atoms with Gasteiger partial charge in [-0.15, -0.1) is 11.3 Å². The predicted octanol–water partition coefficient (Wildman–Crippen LogP) is 2.95. The molecule has 0 spiro atoms. The zero-order valence-electron chi connectivity index (χ0n) is 13.0. The van der Waals surface area contributed by atoms with Gasteiger partial charge in [-0.3, -0.25) is 14.9 Å². The molecule has 1 heterocycles. The standard InChI is InChI=1S/C17H19N3O2S/c1-2-18-16(22)12-9-6-10-13-14(12)19-17(23-13)20-15(21)11-7-4-3-5-8-11/h3-5,7-8,12H,2,6,9-10H2,1H3,(H,18,22)(H,19,20,21)/t12-/m0/s1. The summed E-state index contributed by atoms with van der Waals surface area (Å²) in [5, 5.41) is 6.28. The van der Waals surface area contributed by atoms with Crippen LogP contribution in [-0.2, 0) is 11.2 Å². The van der Waals surface area contributed by atoms with Crippen molar-refractivity contribution in [2.45, 2.75) is 32.1 Å². The van der Waals surface area contributed by atoms with Gasteiger partial charge in [0.25, 0.3) is 5.91 Å². The minimum absolute atomic E-state index is 0.0275. The molecule has 1 atom stereocenters. The molecule has 23 heavy (non-hydrogen) atoms. The van der Waals surface area contributed by atoms with E-state index in [4.69, 9.17) is 0 Å². The first-order valence-corrected chi connectivity index (χ1v) is 8.64. The Bertz CT molecular complexity index is 712. The van der Waals surface area contributed by atoms with E-state index in [2.05, 4.69) is 15.6 Å². The quantitative estimate of drug-likeness (QED) is 0.906. The van der Waals surface area contributed by atoms with Crippen molar-refractivity contribution in [1.82, 2.24) is 10.3 Å². The van der Waals surface area contributed by atoms with Crippen LogP contribution in [0.4, 0.5) is 5.13 Å². The molecule has 1 aliphatic carbocycles. The number of amides is 2. The highest BCUT2D eigenvalue weighted by atomic mass is 32.1. The van der Waals surface area contributed by atoms with E-state index in [1.54, 1.807) is 12.1 Å². The molecule has 1 aliphatic rings. The second kappa shape index (κ2) is 6.91. The molecule has 1 aromatic heterocycles. The molecular formula is C17H19N3O2S. The van der Waals surface area contributed by atoms with Crippen LogP contribution >= 0.6 is 11.3 Å². The van der Waals surface area contributed by atoms with Gasteiger partial charge in [-0.1, -0.05) is 18.2 Å². The average Bonchev–Trinajstić information content (AvgIpc) is 2.98. The van der Waals surface area contributed by atoms with E-state index in [9.17, 15) is 9.59 Å². The molecule has 2 N–H and O–H groups in total. The summed E-state index contributed by atoms with van der Waals surface area (Å²) >= 11 is 1.47. The van der Waals surface area contributed by atoms with Gasteiger partial charge in [0.15, 0.2) is 5.13 Å². The molecule has 0 saturated heterocycles. The summed E-state index contributed by atoms with van der Waals surface area (Å²) in [6, 6.07) is 9.05. The van der Waals surface area contributed by atoms with E-state index < -0.39 is 0 Å². The third kappa shape index (κ3) is 3.42. The van der Waals surface area contributed by atoms with Crippen LogP contribution in [0.1, 0.15) is 46.6 Å². The Hall–Kier alpha value is -2.21. The molecule has 3 rings (SSSR count). The molecule has 0 bridgehead atoms. The van der Waals surface area contributed by atoms with Crippen LogP contribution in [0.15, 0.2) is 30.3 Å². The lowest BCUT2D eigenvalue weighted by Crippen LogP contribution is -2.31. The SMILES string of the molecule is CCNC(=O)[C@H]1CCCc2sc(NC(=O)c3ccccc3)nc21. The Morgan fingerprint density at radius 3 is 2.83 bits per heavy atom. The Morgan fingerprint density at radius 2 is 2.09 bits per heavy atom. The van der Waals surface area contributed by atoms with Gasteiger partial charge in [-0.05, 0) is 38.3 Å². The van der Waals surface area contributed by atoms with Crippen LogP contribution in [-0.4, -0.2) is 23.3 Å². The number of thiazole rings is 1. The zero-order valence-corrected chi connectivity index (χ0v) is 13.8. The highest BCUT2D eigenvalue weighted by molar-refractivity contribution is 7.15. The summed E-state index contributed by atoms with van der Waals surface area (Å²) < 4.78 is 0. The summed E-state index contributed by atoms with van der Waals surface area (Å²) in [4.78, 5) is 30.0. The topological polar surface area (TPSA) is 71.1 Å². The summed E-state index contributed by atoms with van der Waals surface area (Å²) in [7, 11) is 0. The molecule has 0 unspecified atom stereocenters. The number of nitrogens with one attached hydrogen (secondary N) is 2. The van der Waals surface area contributed by atoms with Gasteiger partial charge in [0.1, 0.15) is 0 Å². The Morgan fingerprint density at radius 1 is 1.30 bits per heavy atom. The number of aryl methyl sites for hydroxylation is 1. The van der Waals surface area contributed by atoms with Crippen LogP contribution in [0.3, 0.4) is 0 Å². The summed E-state index contributed by atoms with van der Waals surface area (Å²) in [6.07, 6.45) is 2.71. The summed E-state index contributed by atoms with van der Waals surface area (Å²) in [6.45, 7) is 2.53. The van der Waals surface area contributed by atoms with E-state index in [1.165, 1.54) is 11.3 Å². The molecule has 2 amide bonds. The van der Waals surface area contributed by atoms with Crippen molar-refractivity contribution in [2.75, 3.05) is 11.9 Å². The fourth-order valence-corrected chi connectivity index (χ4v) is 3.84. The number of likely N-dealkylation sites (N-methyl/N-ethyl adjacent to an activating group) is 1. The molecular weight excluding hydrogens is 310 g/mol. The van der Waals surface area contributed by atoms with Gasteiger partial charge in [-0.25, -0.2) is 4.98 Å². The maximum absolute atomic E-state index is 12.2. The Labute approximate surface area is 139 Å². The van der Waals surface area contributed by atoms with E-state index in [-0.39, 0.29) is 17.7 Å². The number of rotatable bonds is 4. The molecule has 0 saturated carbocycles. The second-order valence-electron chi connectivity index (χ2n) is 5.49. The molecule has 0 fully saturated rings. The monoisotopic (exact) mass is 329 g/mol. The largest absolute Gasteiger partial charge is 0.356 e. The van der Waals surface area contributed by atoms with Crippen LogP contribution in [0.2, 0.25) is 0 Å². The van der Waals surface area contributed by atoms with Crippen molar-refractivity contribution in [3.63, 3.8) is 0 Å². The van der Waals surface area contributed by atoms with Crippen molar-refractivity contribution in [1.29, 1.82) is 0 Å². The minimum atomic E-state index is -0.197. The Kier molecular flexibility index (Phi) is 4.71. The first-order valence-electron chi connectivity index (χ1n) is 7.82. The van der Waals surface area contributed by atoms with Gasteiger partial charge in [0.05, 0.1) is 11.6 Å². The highest BCUT2D eigenvalue weighted by Gasteiger charge is 2.30. The molecule has 5 nitrogen and oxygen atoms in total. The van der Waals surface area contributed by atoms with Gasteiger partial charge in [-0.2, -0.15) is 0 Å². The van der Waals surface area contributed by atoms with E-state index >= 15 is 0 Å². The maximum atomic E-state index is 12.2. The maximum Gasteiger partial charge on any atom is 0.257 e. The van der Waals surface area contributed by atoms with Crippen LogP contribution in [0.25, 0.3) is 0 Å². The third-order valence-corrected chi connectivity index (χ3v) is 4.92. The lowest BCUT2D eigenvalue weighted by molar-refractivity contribution is -0.122. The lowest BCUT2D eigenvalue weighted by Gasteiger charge is -2.19. The van der Waals surface area contributed by atoms with E-state index in [0.29, 0.717) is 17.2 Å². The number of hydrogen-bond donors (Lipinski definition) is 2. The number of carbonyl (C=O) groups is 2. The van der Waals surface area contributed by atoms with Crippen LogP contribution < -0.4 is 10.6 Å². The lowest BCUT2D eigenvalue weighted by atomic mass is 9.90. The van der Waals surface area contributed by atoms with Crippen molar-refractivity contribution >= 4 is 28.3 Å². The average molecular weight is 329 g/mol. The normalized spacial score (nSPS) is 16.5. The van der Waals surface area contributed by atoms with Gasteiger partial charge in [0, 0.05) is 17.0 Å². The number of aromatic nitrogens is 1. The van der Waals surface area contributed by atoms with Crippen molar-refractivity contribution in [2.24, 2.45) is 0 Å². The Balaban J connectivity index is 1.78. The zero-order chi connectivity index (χ0) is 16.2.